The molecule has 0 unspecified atom stereocenters. The molecule has 2 aromatic rings. The molecule has 0 saturated carbocycles. The summed E-state index contributed by atoms with van der Waals surface area (Å²) in [4.78, 5) is 5.56. The summed E-state index contributed by atoms with van der Waals surface area (Å²) in [5, 5.41) is 3.40. The van der Waals surface area contributed by atoms with Crippen LogP contribution < -0.4 is 5.32 Å². The Balaban J connectivity index is 1.99. The molecule has 0 amide bonds. The van der Waals surface area contributed by atoms with Crippen molar-refractivity contribution in [2.45, 2.75) is 18.4 Å². The van der Waals surface area contributed by atoms with Crippen LogP contribution in [-0.4, -0.2) is 11.2 Å². The van der Waals surface area contributed by atoms with E-state index in [0.29, 0.717) is 0 Å². The van der Waals surface area contributed by atoms with Crippen molar-refractivity contribution in [3.05, 3.63) is 53.9 Å². The van der Waals surface area contributed by atoms with E-state index in [0.717, 1.165) is 17.9 Å². The lowest BCUT2D eigenvalue weighted by Gasteiger charge is -2.07. The van der Waals surface area contributed by atoms with Gasteiger partial charge in [0, 0.05) is 29.0 Å². The number of thioether (sulfide) groups is 1. The number of aryl methyl sites for hydroxylation is 1. The van der Waals surface area contributed by atoms with E-state index in [4.69, 9.17) is 0 Å². The Bertz CT molecular complexity index is 480. The van der Waals surface area contributed by atoms with E-state index >= 15 is 0 Å². The van der Waals surface area contributed by atoms with Gasteiger partial charge < -0.3 is 5.32 Å². The van der Waals surface area contributed by atoms with Crippen molar-refractivity contribution in [3.63, 3.8) is 0 Å². The predicted molar refractivity (Wildman–Crippen MR) is 74.5 cm³/mol. The maximum Gasteiger partial charge on any atom is 0.0416 e. The molecule has 17 heavy (non-hydrogen) atoms. The Labute approximate surface area is 106 Å². The fourth-order valence-electron chi connectivity index (χ4n) is 1.54. The number of hydrogen-bond acceptors (Lipinski definition) is 3. The molecule has 3 heteroatoms. The summed E-state index contributed by atoms with van der Waals surface area (Å²) in [5.74, 6) is 0. The van der Waals surface area contributed by atoms with E-state index in [1.807, 2.05) is 19.2 Å². The highest BCUT2D eigenvalue weighted by Gasteiger charge is 1.96. The largest absolute Gasteiger partial charge is 0.381 e. The van der Waals surface area contributed by atoms with Crippen LogP contribution in [0.4, 0.5) is 5.69 Å². The predicted octanol–water partition coefficient (Wildman–Crippen LogP) is 3.72. The number of nitrogens with zero attached hydrogens (tertiary/aromatic N) is 1. The molecule has 0 fully saturated rings. The van der Waals surface area contributed by atoms with Crippen molar-refractivity contribution < 1.29 is 0 Å². The van der Waals surface area contributed by atoms with Gasteiger partial charge in [0.1, 0.15) is 0 Å². The first-order valence-electron chi connectivity index (χ1n) is 5.57. The van der Waals surface area contributed by atoms with Crippen LogP contribution in [0.1, 0.15) is 11.3 Å². The number of anilines is 1. The van der Waals surface area contributed by atoms with Crippen LogP contribution in [0.3, 0.4) is 0 Å². The van der Waals surface area contributed by atoms with Crippen molar-refractivity contribution in [1.82, 2.24) is 4.98 Å². The number of rotatable bonds is 4. The normalized spacial score (nSPS) is 10.2. The van der Waals surface area contributed by atoms with Crippen LogP contribution in [0.5, 0.6) is 0 Å². The molecule has 1 heterocycles. The van der Waals surface area contributed by atoms with Gasteiger partial charge in [-0.3, -0.25) is 4.98 Å². The van der Waals surface area contributed by atoms with Crippen LogP contribution >= 0.6 is 11.8 Å². The van der Waals surface area contributed by atoms with Gasteiger partial charge in [-0.05, 0) is 43.0 Å². The van der Waals surface area contributed by atoms with Crippen molar-refractivity contribution in [1.29, 1.82) is 0 Å². The van der Waals surface area contributed by atoms with Gasteiger partial charge in [0.05, 0.1) is 0 Å². The van der Waals surface area contributed by atoms with Crippen LogP contribution in [0, 0.1) is 6.92 Å². The third-order valence-electron chi connectivity index (χ3n) is 2.54. The molecular formula is C14H16N2S. The second-order valence-electron chi connectivity index (χ2n) is 3.89. The summed E-state index contributed by atoms with van der Waals surface area (Å²) in [6.45, 7) is 2.81. The van der Waals surface area contributed by atoms with Gasteiger partial charge in [0.2, 0.25) is 0 Å². The first-order valence-corrected chi connectivity index (χ1v) is 6.80. The van der Waals surface area contributed by atoms with E-state index < -0.39 is 0 Å². The van der Waals surface area contributed by atoms with Crippen molar-refractivity contribution >= 4 is 17.4 Å². The maximum absolute atomic E-state index is 4.28. The minimum atomic E-state index is 0.811. The Kier molecular flexibility index (Phi) is 4.04. The van der Waals surface area contributed by atoms with Gasteiger partial charge >= 0.3 is 0 Å². The third-order valence-corrected chi connectivity index (χ3v) is 3.26. The Hall–Kier alpha value is -1.48. The highest BCUT2D eigenvalue weighted by molar-refractivity contribution is 7.98. The molecular weight excluding hydrogens is 228 g/mol. The van der Waals surface area contributed by atoms with E-state index in [1.54, 1.807) is 11.8 Å². The molecule has 88 valence electrons. The summed E-state index contributed by atoms with van der Waals surface area (Å²) in [7, 11) is 0. The molecule has 1 aromatic carbocycles. The van der Waals surface area contributed by atoms with Crippen LogP contribution in [-0.2, 0) is 6.54 Å². The number of pyridine rings is 1. The van der Waals surface area contributed by atoms with E-state index in [9.17, 15) is 0 Å². The highest BCUT2D eigenvalue weighted by atomic mass is 32.2. The first kappa shape index (κ1) is 12.0. The van der Waals surface area contributed by atoms with Crippen LogP contribution in [0.2, 0.25) is 0 Å². The molecule has 0 atom stereocenters. The molecule has 0 aliphatic carbocycles. The molecule has 0 aliphatic rings. The van der Waals surface area contributed by atoms with Gasteiger partial charge in [-0.25, -0.2) is 0 Å². The molecule has 0 saturated heterocycles. The lowest BCUT2D eigenvalue weighted by molar-refractivity contribution is 1.08. The van der Waals surface area contributed by atoms with Crippen molar-refractivity contribution in [3.8, 4) is 0 Å². The third kappa shape index (κ3) is 3.49. The summed E-state index contributed by atoms with van der Waals surface area (Å²) in [5.41, 5.74) is 3.40. The molecule has 2 nitrogen and oxygen atoms in total. The second-order valence-corrected chi connectivity index (χ2v) is 4.77. The average Bonchev–Trinajstić information content (AvgIpc) is 2.38. The standard InChI is InChI=1S/C14H16N2S/c1-11-6-7-12(9-15-11)10-16-13-4-3-5-14(8-13)17-2/h3-9,16H,10H2,1-2H3. The maximum atomic E-state index is 4.28. The van der Waals surface area contributed by atoms with Crippen molar-refractivity contribution in [2.75, 3.05) is 11.6 Å². The second kappa shape index (κ2) is 5.73. The molecule has 0 spiro atoms. The molecule has 1 N–H and O–H groups in total. The molecule has 0 bridgehead atoms. The minimum absolute atomic E-state index is 0.811. The van der Waals surface area contributed by atoms with Gasteiger partial charge in [-0.2, -0.15) is 0 Å². The quantitative estimate of drug-likeness (QED) is 0.830. The number of benzene rings is 1. The van der Waals surface area contributed by atoms with Gasteiger partial charge in [0.15, 0.2) is 0 Å². The Morgan fingerprint density at radius 3 is 2.82 bits per heavy atom. The number of hydrogen-bond donors (Lipinski definition) is 1. The van der Waals surface area contributed by atoms with E-state index in [-0.39, 0.29) is 0 Å². The highest BCUT2D eigenvalue weighted by Crippen LogP contribution is 2.19. The lowest BCUT2D eigenvalue weighted by atomic mass is 10.2. The molecule has 1 aromatic heterocycles. The van der Waals surface area contributed by atoms with Crippen LogP contribution in [0.15, 0.2) is 47.5 Å². The van der Waals surface area contributed by atoms with Crippen LogP contribution in [0.25, 0.3) is 0 Å². The average molecular weight is 244 g/mol. The molecule has 0 aliphatic heterocycles. The summed E-state index contributed by atoms with van der Waals surface area (Å²) < 4.78 is 0. The zero-order chi connectivity index (χ0) is 12.1. The summed E-state index contributed by atoms with van der Waals surface area (Å²) in [6, 6.07) is 12.6. The fraction of sp³-hybridized carbons (Fsp3) is 0.214. The fourth-order valence-corrected chi connectivity index (χ4v) is 2.00. The lowest BCUT2D eigenvalue weighted by Crippen LogP contribution is -2.00. The minimum Gasteiger partial charge on any atom is -0.381 e. The topological polar surface area (TPSA) is 24.9 Å². The molecule has 2 rings (SSSR count). The van der Waals surface area contributed by atoms with Crippen molar-refractivity contribution in [2.24, 2.45) is 0 Å². The first-order chi connectivity index (χ1) is 8.28. The van der Waals surface area contributed by atoms with E-state index in [1.165, 1.54) is 10.5 Å². The number of aromatic nitrogens is 1. The smallest absolute Gasteiger partial charge is 0.0416 e. The Morgan fingerprint density at radius 1 is 1.24 bits per heavy atom. The zero-order valence-corrected chi connectivity index (χ0v) is 10.9. The van der Waals surface area contributed by atoms with E-state index in [2.05, 4.69) is 46.9 Å². The monoisotopic (exact) mass is 244 g/mol. The zero-order valence-electron chi connectivity index (χ0n) is 10.1. The summed E-state index contributed by atoms with van der Waals surface area (Å²) >= 11 is 1.75. The molecule has 0 radical (unpaired) electrons. The Morgan fingerprint density at radius 2 is 2.12 bits per heavy atom. The SMILES string of the molecule is CSc1cccc(NCc2ccc(C)nc2)c1. The summed E-state index contributed by atoms with van der Waals surface area (Å²) in [6.07, 6.45) is 4.00. The number of nitrogens with one attached hydrogen (secondary N) is 1. The van der Waals surface area contributed by atoms with Gasteiger partial charge in [-0.15, -0.1) is 11.8 Å². The van der Waals surface area contributed by atoms with Gasteiger partial charge in [0.25, 0.3) is 0 Å². The van der Waals surface area contributed by atoms with Gasteiger partial charge in [-0.1, -0.05) is 12.1 Å².